The third-order valence-corrected chi connectivity index (χ3v) is 8.41. The number of anilines is 1. The molecule has 1 aromatic heterocycles. The lowest BCUT2D eigenvalue weighted by Gasteiger charge is -2.15. The summed E-state index contributed by atoms with van der Waals surface area (Å²) < 4.78 is 16.8. The Labute approximate surface area is 168 Å². The van der Waals surface area contributed by atoms with E-state index in [2.05, 4.69) is 20.7 Å². The average Bonchev–Trinajstić information content (AvgIpc) is 3.33. The molecule has 28 heavy (non-hydrogen) atoms. The number of hydrogen-bond donors (Lipinski definition) is 3. The predicted molar refractivity (Wildman–Crippen MR) is 110 cm³/mol. The van der Waals surface area contributed by atoms with E-state index in [1.54, 1.807) is 13.8 Å². The summed E-state index contributed by atoms with van der Waals surface area (Å²) in [5, 5.41) is 19.1. The molecule has 0 saturated heterocycles. The van der Waals surface area contributed by atoms with E-state index in [0.717, 1.165) is 55.5 Å². The minimum Gasteiger partial charge on any atom is -0.383 e. The number of thiazole rings is 1. The number of aliphatic hydroxyl groups is 1. The Bertz CT molecular complexity index is 1040. The summed E-state index contributed by atoms with van der Waals surface area (Å²) in [6, 6.07) is 1.57. The van der Waals surface area contributed by atoms with E-state index in [1.165, 1.54) is 28.5 Å². The lowest BCUT2D eigenvalue weighted by Crippen LogP contribution is -2.18. The number of nitrogens with two attached hydrogens (primary N) is 1. The van der Waals surface area contributed by atoms with Gasteiger partial charge >= 0.3 is 6.03 Å². The van der Waals surface area contributed by atoms with Crippen LogP contribution in [0.25, 0.3) is 0 Å². The van der Waals surface area contributed by atoms with Crippen molar-refractivity contribution in [3.05, 3.63) is 39.5 Å². The molecular formula is C19H24N4O3S2. The molecule has 4 rings (SSSR count). The molecule has 0 fully saturated rings. The summed E-state index contributed by atoms with van der Waals surface area (Å²) in [4.78, 5) is 16.7. The van der Waals surface area contributed by atoms with Crippen LogP contribution in [0.4, 0.5) is 10.5 Å². The molecule has 9 heteroatoms. The number of hydrogen-bond acceptors (Lipinski definition) is 5. The summed E-state index contributed by atoms with van der Waals surface area (Å²) in [6.07, 6.45) is 7.38. The first kappa shape index (κ1) is 19.5. The summed E-state index contributed by atoms with van der Waals surface area (Å²) in [6.45, 7) is 3.16. The number of aromatic nitrogens is 1. The van der Waals surface area contributed by atoms with Crippen molar-refractivity contribution in [2.45, 2.75) is 62.2 Å². The SMILES string of the molecule is CC(C)(O)c1ncc(S(N)(=O)=NC(=O)Nc2c3c(cc4c2CCC4)CCC3)s1. The predicted octanol–water partition coefficient (Wildman–Crippen LogP) is 3.28. The Kier molecular flexibility index (Phi) is 4.81. The quantitative estimate of drug-likeness (QED) is 0.706. The number of fused-ring (bicyclic) bond motifs is 2. The van der Waals surface area contributed by atoms with Crippen LogP contribution in [0.2, 0.25) is 0 Å². The Morgan fingerprint density at radius 1 is 1.25 bits per heavy atom. The van der Waals surface area contributed by atoms with Crippen LogP contribution in [-0.2, 0) is 41.2 Å². The molecule has 0 spiro atoms. The fraction of sp³-hybridized carbons (Fsp3) is 0.474. The van der Waals surface area contributed by atoms with Gasteiger partial charge in [-0.25, -0.2) is 19.1 Å². The van der Waals surface area contributed by atoms with E-state index in [0.29, 0.717) is 5.01 Å². The molecule has 2 aromatic rings. The molecule has 7 nitrogen and oxygen atoms in total. The first-order chi connectivity index (χ1) is 13.1. The minimum atomic E-state index is -3.44. The van der Waals surface area contributed by atoms with Gasteiger partial charge in [0.2, 0.25) is 0 Å². The van der Waals surface area contributed by atoms with Crippen molar-refractivity contribution >= 4 is 33.0 Å². The number of benzene rings is 1. The van der Waals surface area contributed by atoms with Crippen molar-refractivity contribution < 1.29 is 14.1 Å². The van der Waals surface area contributed by atoms with Gasteiger partial charge < -0.3 is 10.4 Å². The fourth-order valence-electron chi connectivity index (χ4n) is 3.94. The Morgan fingerprint density at radius 3 is 2.39 bits per heavy atom. The number of carbonyl (C=O) groups is 1. The number of carbonyl (C=O) groups excluding carboxylic acids is 1. The number of aryl methyl sites for hydroxylation is 2. The van der Waals surface area contributed by atoms with Gasteiger partial charge in [-0.15, -0.1) is 15.7 Å². The van der Waals surface area contributed by atoms with Crippen molar-refractivity contribution in [2.24, 2.45) is 9.50 Å². The summed E-state index contributed by atoms with van der Waals surface area (Å²) in [7, 11) is -3.44. The van der Waals surface area contributed by atoms with E-state index in [4.69, 9.17) is 5.14 Å². The monoisotopic (exact) mass is 420 g/mol. The first-order valence-corrected chi connectivity index (χ1v) is 11.8. The van der Waals surface area contributed by atoms with Crippen LogP contribution < -0.4 is 10.5 Å². The third kappa shape index (κ3) is 3.59. The van der Waals surface area contributed by atoms with Crippen LogP contribution >= 0.6 is 11.3 Å². The highest BCUT2D eigenvalue weighted by molar-refractivity contribution is 7.93. The summed E-state index contributed by atoms with van der Waals surface area (Å²) in [5.41, 5.74) is 4.60. The molecular weight excluding hydrogens is 396 g/mol. The van der Waals surface area contributed by atoms with Crippen LogP contribution in [0, 0.1) is 0 Å². The van der Waals surface area contributed by atoms with Crippen LogP contribution in [-0.4, -0.2) is 20.3 Å². The topological polar surface area (TPSA) is 118 Å². The van der Waals surface area contributed by atoms with Crippen LogP contribution in [0.1, 0.15) is 54.0 Å². The summed E-state index contributed by atoms with van der Waals surface area (Å²) >= 11 is 1.000. The maximum atomic E-state index is 12.8. The lowest BCUT2D eigenvalue weighted by atomic mass is 9.99. The van der Waals surface area contributed by atoms with Gasteiger partial charge in [0.15, 0.2) is 9.92 Å². The van der Waals surface area contributed by atoms with Gasteiger partial charge in [0.05, 0.1) is 6.20 Å². The number of urea groups is 1. The molecule has 1 unspecified atom stereocenters. The molecule has 2 aliphatic rings. The standard InChI is InChI=1S/C19H24N4O3S2/c1-19(2,25)17-21-10-15(27-17)28(20,26)23-18(24)22-16-13-7-3-5-11(13)9-12-6-4-8-14(12)16/h9-10,25H,3-8H2,1-2H3,(H3,20,22,23,24,26). The van der Waals surface area contributed by atoms with E-state index in [9.17, 15) is 14.1 Å². The smallest absolute Gasteiger partial charge is 0.354 e. The van der Waals surface area contributed by atoms with Gasteiger partial charge in [-0.3, -0.25) is 0 Å². The van der Waals surface area contributed by atoms with Gasteiger partial charge in [-0.2, -0.15) is 0 Å². The van der Waals surface area contributed by atoms with Crippen molar-refractivity contribution in [3.8, 4) is 0 Å². The highest BCUT2D eigenvalue weighted by Crippen LogP contribution is 2.38. The molecule has 1 aromatic carbocycles. The molecule has 1 atom stereocenters. The zero-order chi connectivity index (χ0) is 20.1. The van der Waals surface area contributed by atoms with E-state index in [-0.39, 0.29) is 4.21 Å². The second-order valence-electron chi connectivity index (χ2n) is 7.87. The molecule has 1 heterocycles. The number of rotatable bonds is 3. The van der Waals surface area contributed by atoms with Crippen LogP contribution in [0.3, 0.4) is 0 Å². The molecule has 0 saturated carbocycles. The van der Waals surface area contributed by atoms with E-state index in [1.807, 2.05) is 0 Å². The lowest BCUT2D eigenvalue weighted by molar-refractivity contribution is 0.0783. The largest absolute Gasteiger partial charge is 0.383 e. The molecule has 2 amide bonds. The summed E-state index contributed by atoms with van der Waals surface area (Å²) in [5.74, 6) is 0. The second-order valence-corrected chi connectivity index (χ2v) is 10.9. The van der Waals surface area contributed by atoms with Crippen molar-refractivity contribution in [1.82, 2.24) is 4.98 Å². The van der Waals surface area contributed by atoms with Gasteiger partial charge in [0.25, 0.3) is 0 Å². The van der Waals surface area contributed by atoms with Gasteiger partial charge in [-0.05, 0) is 74.6 Å². The van der Waals surface area contributed by atoms with Crippen molar-refractivity contribution in [1.29, 1.82) is 0 Å². The van der Waals surface area contributed by atoms with E-state index >= 15 is 0 Å². The van der Waals surface area contributed by atoms with Crippen molar-refractivity contribution in [3.63, 3.8) is 0 Å². The van der Waals surface area contributed by atoms with E-state index < -0.39 is 21.5 Å². The molecule has 0 bridgehead atoms. The Balaban J connectivity index is 1.65. The van der Waals surface area contributed by atoms with Crippen LogP contribution in [0.15, 0.2) is 20.8 Å². The zero-order valence-corrected chi connectivity index (χ0v) is 17.6. The highest BCUT2D eigenvalue weighted by atomic mass is 32.2. The second kappa shape index (κ2) is 6.91. The normalized spacial score (nSPS) is 17.7. The minimum absolute atomic E-state index is 0.170. The first-order valence-electron chi connectivity index (χ1n) is 9.36. The Morgan fingerprint density at radius 2 is 1.86 bits per heavy atom. The molecule has 0 aliphatic heterocycles. The molecule has 2 aliphatic carbocycles. The number of nitrogens with zero attached hydrogens (tertiary/aromatic N) is 2. The molecule has 150 valence electrons. The number of amides is 2. The zero-order valence-electron chi connectivity index (χ0n) is 15.9. The Hall–Kier alpha value is -1.81. The fourth-order valence-corrected chi connectivity index (χ4v) is 6.01. The van der Waals surface area contributed by atoms with Gasteiger partial charge in [0.1, 0.15) is 14.8 Å². The van der Waals surface area contributed by atoms with Crippen LogP contribution in [0.5, 0.6) is 0 Å². The van der Waals surface area contributed by atoms with Gasteiger partial charge in [0, 0.05) is 5.69 Å². The average molecular weight is 421 g/mol. The molecule has 0 radical (unpaired) electrons. The van der Waals surface area contributed by atoms with Crippen molar-refractivity contribution in [2.75, 3.05) is 5.32 Å². The van der Waals surface area contributed by atoms with Gasteiger partial charge in [-0.1, -0.05) is 6.07 Å². The molecule has 4 N–H and O–H groups in total. The highest BCUT2D eigenvalue weighted by Gasteiger charge is 2.26. The number of nitrogens with one attached hydrogen (secondary N) is 1. The third-order valence-electron chi connectivity index (χ3n) is 5.22. The maximum Gasteiger partial charge on any atom is 0.354 e. The maximum absolute atomic E-state index is 12.8.